The molecule has 1 aliphatic heterocycles. The Kier molecular flexibility index (Phi) is 7.73. The summed E-state index contributed by atoms with van der Waals surface area (Å²) in [6.07, 6.45) is 3.24. The smallest absolute Gasteiger partial charge is 0.243 e. The topological polar surface area (TPSA) is 75.7 Å². The minimum Gasteiger partial charge on any atom is -0.496 e. The Balaban J connectivity index is 1.71. The van der Waals surface area contributed by atoms with Gasteiger partial charge in [-0.2, -0.15) is 4.31 Å². The van der Waals surface area contributed by atoms with Crippen molar-refractivity contribution in [1.29, 1.82) is 0 Å². The van der Waals surface area contributed by atoms with E-state index < -0.39 is 10.0 Å². The Morgan fingerprint density at radius 1 is 1.16 bits per heavy atom. The number of carbonyl (C=O) groups excluding carboxylic acids is 1. The lowest BCUT2D eigenvalue weighted by Gasteiger charge is -2.20. The fourth-order valence-corrected chi connectivity index (χ4v) is 5.65. The third-order valence-electron chi connectivity index (χ3n) is 5.88. The van der Waals surface area contributed by atoms with Gasteiger partial charge in [0.15, 0.2) is 0 Å². The summed E-state index contributed by atoms with van der Waals surface area (Å²) in [4.78, 5) is 12.9. The van der Waals surface area contributed by atoms with Gasteiger partial charge in [-0.1, -0.05) is 31.2 Å². The number of sulfonamides is 1. The maximum Gasteiger partial charge on any atom is 0.243 e. The first-order valence-corrected chi connectivity index (χ1v) is 12.3. The molecule has 2 aromatic carbocycles. The van der Waals surface area contributed by atoms with Crippen LogP contribution in [0, 0.1) is 6.92 Å². The van der Waals surface area contributed by atoms with E-state index in [0.29, 0.717) is 25.3 Å². The molecule has 3 rings (SSSR count). The molecule has 0 aromatic heterocycles. The van der Waals surface area contributed by atoms with Gasteiger partial charge in [-0.25, -0.2) is 8.42 Å². The van der Waals surface area contributed by atoms with Crippen LogP contribution in [-0.4, -0.2) is 38.8 Å². The highest BCUT2D eigenvalue weighted by Gasteiger charge is 2.28. The molecule has 6 nitrogen and oxygen atoms in total. The van der Waals surface area contributed by atoms with Crippen molar-refractivity contribution < 1.29 is 17.9 Å². The van der Waals surface area contributed by atoms with Crippen LogP contribution < -0.4 is 10.1 Å². The van der Waals surface area contributed by atoms with Crippen LogP contribution in [0.15, 0.2) is 47.4 Å². The highest BCUT2D eigenvalue weighted by Crippen LogP contribution is 2.27. The molecule has 0 spiro atoms. The minimum atomic E-state index is -3.51. The van der Waals surface area contributed by atoms with Crippen molar-refractivity contribution in [3.63, 3.8) is 0 Å². The van der Waals surface area contributed by atoms with E-state index in [0.717, 1.165) is 36.0 Å². The number of aryl methyl sites for hydroxylation is 2. The van der Waals surface area contributed by atoms with Gasteiger partial charge in [0.05, 0.1) is 18.0 Å². The van der Waals surface area contributed by atoms with Crippen LogP contribution in [0.25, 0.3) is 0 Å². The summed E-state index contributed by atoms with van der Waals surface area (Å²) in [5, 5.41) is 3.11. The fraction of sp³-hybridized carbons (Fsp3) is 0.458. The van der Waals surface area contributed by atoms with Gasteiger partial charge in [-0.15, -0.1) is 0 Å². The summed E-state index contributed by atoms with van der Waals surface area (Å²) in [5.74, 6) is 0.532. The summed E-state index contributed by atoms with van der Waals surface area (Å²) in [6.45, 7) is 5.21. The molecule has 0 unspecified atom stereocenters. The average Bonchev–Trinajstić information content (AvgIpc) is 3.32. The fourth-order valence-electron chi connectivity index (χ4n) is 4.08. The average molecular weight is 445 g/mol. The third-order valence-corrected chi connectivity index (χ3v) is 7.78. The van der Waals surface area contributed by atoms with Gasteiger partial charge < -0.3 is 10.1 Å². The molecule has 0 saturated carbocycles. The molecule has 1 atom stereocenters. The van der Waals surface area contributed by atoms with Crippen molar-refractivity contribution in [3.05, 3.63) is 59.2 Å². The van der Waals surface area contributed by atoms with E-state index in [9.17, 15) is 13.2 Å². The molecule has 168 valence electrons. The lowest BCUT2D eigenvalue weighted by atomic mass is 9.99. The van der Waals surface area contributed by atoms with E-state index in [1.807, 2.05) is 38.1 Å². The SMILES string of the molecule is CC[C@@H](NC(=O)CCc1cc(S(=O)(=O)N2CCCC2)ccc1OC)c1ccccc1C. The first-order valence-electron chi connectivity index (χ1n) is 10.9. The first kappa shape index (κ1) is 23.3. The van der Waals surface area contributed by atoms with Crippen molar-refractivity contribution in [2.45, 2.75) is 56.9 Å². The molecular formula is C24H32N2O4S. The Bertz CT molecular complexity index is 1010. The van der Waals surface area contributed by atoms with Crippen LogP contribution >= 0.6 is 0 Å². The van der Waals surface area contributed by atoms with Crippen molar-refractivity contribution in [3.8, 4) is 5.75 Å². The molecule has 1 N–H and O–H groups in total. The maximum absolute atomic E-state index is 12.9. The molecule has 1 saturated heterocycles. The first-order chi connectivity index (χ1) is 14.9. The van der Waals surface area contributed by atoms with E-state index >= 15 is 0 Å². The van der Waals surface area contributed by atoms with Crippen molar-refractivity contribution in [2.24, 2.45) is 0 Å². The van der Waals surface area contributed by atoms with Crippen molar-refractivity contribution in [1.82, 2.24) is 9.62 Å². The van der Waals surface area contributed by atoms with Gasteiger partial charge in [0.2, 0.25) is 15.9 Å². The Morgan fingerprint density at radius 3 is 2.52 bits per heavy atom. The quantitative estimate of drug-likeness (QED) is 0.635. The molecule has 0 radical (unpaired) electrons. The molecule has 1 amide bonds. The van der Waals surface area contributed by atoms with Crippen molar-refractivity contribution >= 4 is 15.9 Å². The number of nitrogens with zero attached hydrogens (tertiary/aromatic N) is 1. The summed E-state index contributed by atoms with van der Waals surface area (Å²) >= 11 is 0. The van der Waals surface area contributed by atoms with E-state index in [2.05, 4.69) is 5.32 Å². The second-order valence-corrected chi connectivity index (χ2v) is 9.91. The van der Waals surface area contributed by atoms with Crippen molar-refractivity contribution in [2.75, 3.05) is 20.2 Å². The molecule has 2 aromatic rings. The molecule has 1 heterocycles. The number of benzene rings is 2. The number of methoxy groups -OCH3 is 1. The number of rotatable bonds is 9. The number of hydrogen-bond acceptors (Lipinski definition) is 4. The van der Waals surface area contributed by atoms with Gasteiger partial charge in [0, 0.05) is 19.5 Å². The summed E-state index contributed by atoms with van der Waals surface area (Å²) in [7, 11) is -1.96. The molecule has 1 fully saturated rings. The largest absolute Gasteiger partial charge is 0.496 e. The number of amides is 1. The summed E-state index contributed by atoms with van der Waals surface area (Å²) in [6, 6.07) is 12.9. The van der Waals surface area contributed by atoms with Crippen LogP contribution in [0.4, 0.5) is 0 Å². The Labute approximate surface area is 185 Å². The lowest BCUT2D eigenvalue weighted by Crippen LogP contribution is -2.29. The predicted molar refractivity (Wildman–Crippen MR) is 122 cm³/mol. The van der Waals surface area contributed by atoms with E-state index in [-0.39, 0.29) is 23.3 Å². The van der Waals surface area contributed by atoms with Gasteiger partial charge in [0.1, 0.15) is 5.75 Å². The highest BCUT2D eigenvalue weighted by molar-refractivity contribution is 7.89. The second-order valence-electron chi connectivity index (χ2n) is 7.97. The molecule has 7 heteroatoms. The molecule has 1 aliphatic rings. The number of nitrogens with one attached hydrogen (secondary N) is 1. The predicted octanol–water partition coefficient (Wildman–Crippen LogP) is 3.99. The van der Waals surface area contributed by atoms with Gasteiger partial charge in [-0.3, -0.25) is 4.79 Å². The molecule has 0 aliphatic carbocycles. The van der Waals surface area contributed by atoms with Crippen LogP contribution in [0.2, 0.25) is 0 Å². The van der Waals surface area contributed by atoms with Crippen LogP contribution in [-0.2, 0) is 21.2 Å². The monoisotopic (exact) mass is 444 g/mol. The zero-order chi connectivity index (χ0) is 22.4. The molecular weight excluding hydrogens is 412 g/mol. The van der Waals surface area contributed by atoms with Crippen LogP contribution in [0.3, 0.4) is 0 Å². The Morgan fingerprint density at radius 2 is 1.87 bits per heavy atom. The van der Waals surface area contributed by atoms with E-state index in [1.165, 1.54) is 4.31 Å². The lowest BCUT2D eigenvalue weighted by molar-refractivity contribution is -0.121. The highest BCUT2D eigenvalue weighted by atomic mass is 32.2. The van der Waals surface area contributed by atoms with E-state index in [4.69, 9.17) is 4.74 Å². The van der Waals surface area contributed by atoms with Gasteiger partial charge >= 0.3 is 0 Å². The maximum atomic E-state index is 12.9. The molecule has 31 heavy (non-hydrogen) atoms. The van der Waals surface area contributed by atoms with E-state index in [1.54, 1.807) is 25.3 Å². The number of ether oxygens (including phenoxy) is 1. The summed E-state index contributed by atoms with van der Waals surface area (Å²) < 4.78 is 32.8. The minimum absolute atomic E-state index is 0.0440. The van der Waals surface area contributed by atoms with Crippen LogP contribution in [0.1, 0.15) is 55.3 Å². The standard InChI is InChI=1S/C24H32N2O4S/c1-4-22(21-10-6-5-9-18(21)2)25-24(27)14-11-19-17-20(12-13-23(19)30-3)31(28,29)26-15-7-8-16-26/h5-6,9-10,12-13,17,22H,4,7-8,11,14-16H2,1-3H3,(H,25,27)/t22-/m1/s1. The number of hydrogen-bond donors (Lipinski definition) is 1. The summed E-state index contributed by atoms with van der Waals surface area (Å²) in [5.41, 5.74) is 2.99. The number of carbonyl (C=O) groups is 1. The molecule has 0 bridgehead atoms. The zero-order valence-electron chi connectivity index (χ0n) is 18.6. The zero-order valence-corrected chi connectivity index (χ0v) is 19.4. The van der Waals surface area contributed by atoms with Gasteiger partial charge in [-0.05, 0) is 67.5 Å². The Hall–Kier alpha value is -2.38. The normalized spacial score (nSPS) is 15.6. The second kappa shape index (κ2) is 10.3. The van der Waals surface area contributed by atoms with Crippen LogP contribution in [0.5, 0.6) is 5.75 Å². The van der Waals surface area contributed by atoms with Gasteiger partial charge in [0.25, 0.3) is 0 Å². The third kappa shape index (κ3) is 5.46.